The van der Waals surface area contributed by atoms with Crippen molar-refractivity contribution in [3.05, 3.63) is 126 Å². The zero-order valence-corrected chi connectivity index (χ0v) is 20.4. The third-order valence-electron chi connectivity index (χ3n) is 4.52. The molecular weight excluding hydrogens is 517 g/mol. The predicted molar refractivity (Wildman–Crippen MR) is 130 cm³/mol. The van der Waals surface area contributed by atoms with Crippen LogP contribution in [0.1, 0.15) is 11.1 Å². The van der Waals surface area contributed by atoms with Crippen molar-refractivity contribution in [1.82, 2.24) is 0 Å². The fourth-order valence-corrected chi connectivity index (χ4v) is 6.23. The maximum atomic E-state index is 4.49. The van der Waals surface area contributed by atoms with Gasteiger partial charge in [-0.2, -0.15) is 35.4 Å². The average Bonchev–Trinajstić information content (AvgIpc) is 2.84. The third kappa shape index (κ3) is 7.09. The molecule has 0 aromatic heterocycles. The molecule has 0 unspecified atom stereocenters. The van der Waals surface area contributed by atoms with Crippen LogP contribution in [0.15, 0.2) is 114 Å². The van der Waals surface area contributed by atoms with Crippen LogP contribution < -0.4 is 10.6 Å². The summed E-state index contributed by atoms with van der Waals surface area (Å²) in [5.74, 6) is 0.951. The van der Waals surface area contributed by atoms with Gasteiger partial charge in [-0.25, -0.2) is 0 Å². The molecule has 0 atom stereocenters. The van der Waals surface area contributed by atoms with E-state index in [-0.39, 0.29) is 0 Å². The van der Waals surface area contributed by atoms with Gasteiger partial charge in [0.15, 0.2) is 0 Å². The Balaban J connectivity index is 0.00000124. The molecule has 0 aliphatic carbocycles. The van der Waals surface area contributed by atoms with Gasteiger partial charge in [0, 0.05) is 10.6 Å². The van der Waals surface area contributed by atoms with Crippen LogP contribution in [0.4, 0.5) is 0 Å². The van der Waals surface area contributed by atoms with E-state index in [1.807, 2.05) is 11.8 Å². The van der Waals surface area contributed by atoms with Gasteiger partial charge in [0.1, 0.15) is 0 Å². The smallest absolute Gasteiger partial charge is 0.00745 e. The van der Waals surface area contributed by atoms with Crippen molar-refractivity contribution >= 4 is 39.8 Å². The molecule has 0 saturated carbocycles. The first-order chi connectivity index (χ1) is 14.9. The van der Waals surface area contributed by atoms with Crippen LogP contribution in [0.2, 0.25) is 0 Å². The van der Waals surface area contributed by atoms with Crippen molar-refractivity contribution in [3.8, 4) is 0 Å². The topological polar surface area (TPSA) is 0 Å². The number of thioether (sulfide) groups is 1. The SMILES string of the molecule is [Cl][Pd+].[c-]1c(CSc2ccccc2)cccc1CP(c1ccccc1)c1ccccc1. The first-order valence-corrected chi connectivity index (χ1v) is 14.1. The summed E-state index contributed by atoms with van der Waals surface area (Å²) in [6, 6.07) is 42.6. The van der Waals surface area contributed by atoms with E-state index in [0.29, 0.717) is 0 Å². The van der Waals surface area contributed by atoms with E-state index >= 15 is 0 Å². The van der Waals surface area contributed by atoms with Crippen LogP contribution in [0.3, 0.4) is 0 Å². The van der Waals surface area contributed by atoms with Crippen molar-refractivity contribution < 1.29 is 18.2 Å². The van der Waals surface area contributed by atoms with E-state index in [2.05, 4.69) is 143 Å². The van der Waals surface area contributed by atoms with Gasteiger partial charge in [-0.05, 0) is 36.8 Å². The minimum absolute atomic E-state index is 0.431. The largest absolute Gasteiger partial charge is 0.176 e. The van der Waals surface area contributed by atoms with E-state index in [1.54, 1.807) is 0 Å². The molecule has 0 bridgehead atoms. The zero-order chi connectivity index (χ0) is 21.0. The standard InChI is InChI=1S/C26H22PS.ClH.Pd/c1-4-13-24(14-5-1)27(25-15-6-2-7-16-25)20-22-11-10-12-23(19-22)21-28-26-17-8-3-9-18-26;;/h1-18H,20-21H2;1H;/q-1;;+2/p-1. The van der Waals surface area contributed by atoms with E-state index in [9.17, 15) is 0 Å². The summed E-state index contributed by atoms with van der Waals surface area (Å²) in [6.07, 6.45) is 1.02. The second-order valence-corrected chi connectivity index (χ2v) is 9.81. The Morgan fingerprint density at radius 3 is 1.70 bits per heavy atom. The quantitative estimate of drug-likeness (QED) is 0.105. The van der Waals surface area contributed by atoms with Gasteiger partial charge in [0.2, 0.25) is 0 Å². The molecule has 4 heteroatoms. The summed E-state index contributed by atoms with van der Waals surface area (Å²) < 4.78 is 0. The average molecular weight is 539 g/mol. The van der Waals surface area contributed by atoms with Crippen LogP contribution in [0.25, 0.3) is 0 Å². The minimum atomic E-state index is -0.431. The summed E-state index contributed by atoms with van der Waals surface area (Å²) in [6.45, 7) is 0. The molecule has 0 nitrogen and oxygen atoms in total. The fraction of sp³-hybridized carbons (Fsp3) is 0.0769. The van der Waals surface area contributed by atoms with Crippen molar-refractivity contribution in [3.63, 3.8) is 0 Å². The van der Waals surface area contributed by atoms with Gasteiger partial charge in [-0.15, -0.1) is 11.8 Å². The van der Waals surface area contributed by atoms with E-state index < -0.39 is 7.92 Å². The molecule has 4 rings (SSSR count). The van der Waals surface area contributed by atoms with E-state index in [1.165, 1.54) is 26.6 Å². The number of hydrogen-bond donors (Lipinski definition) is 0. The summed E-state index contributed by atoms with van der Waals surface area (Å²) in [5, 5.41) is 2.84. The molecule has 0 heterocycles. The van der Waals surface area contributed by atoms with Crippen LogP contribution in [0.5, 0.6) is 0 Å². The Labute approximate surface area is 200 Å². The summed E-state index contributed by atoms with van der Waals surface area (Å²) in [4.78, 5) is 1.30. The maximum Gasteiger partial charge on any atom is 0.00745 e. The number of hydrogen-bond acceptors (Lipinski definition) is 1. The molecule has 0 spiro atoms. The monoisotopic (exact) mass is 538 g/mol. The van der Waals surface area contributed by atoms with Gasteiger partial charge in [0.25, 0.3) is 0 Å². The fourth-order valence-electron chi connectivity index (χ4n) is 3.14. The summed E-state index contributed by atoms with van der Waals surface area (Å²) in [7, 11) is 4.06. The normalized spacial score (nSPS) is 10.4. The molecule has 30 heavy (non-hydrogen) atoms. The maximum absolute atomic E-state index is 4.49. The van der Waals surface area contributed by atoms with E-state index in [0.717, 1.165) is 11.9 Å². The Morgan fingerprint density at radius 1 is 0.633 bits per heavy atom. The Hall–Kier alpha value is -1.39. The van der Waals surface area contributed by atoms with Gasteiger partial charge >= 0.3 is 27.7 Å². The summed E-state index contributed by atoms with van der Waals surface area (Å²) >= 11 is 4.09. The first-order valence-electron chi connectivity index (χ1n) is 9.56. The van der Waals surface area contributed by atoms with Crippen molar-refractivity contribution in [2.75, 3.05) is 0 Å². The van der Waals surface area contributed by atoms with Gasteiger partial charge in [-0.1, -0.05) is 78.9 Å². The van der Waals surface area contributed by atoms with Crippen molar-refractivity contribution in [1.29, 1.82) is 0 Å². The second kappa shape index (κ2) is 13.1. The number of halogens is 1. The predicted octanol–water partition coefficient (Wildman–Crippen LogP) is 7.10. The molecule has 0 N–H and O–H groups in total. The molecule has 0 fully saturated rings. The molecule has 154 valence electrons. The summed E-state index contributed by atoms with van der Waals surface area (Å²) in [5.41, 5.74) is 2.56. The number of benzene rings is 4. The van der Waals surface area contributed by atoms with Crippen molar-refractivity contribution in [2.45, 2.75) is 16.8 Å². The van der Waals surface area contributed by atoms with Crippen molar-refractivity contribution in [2.24, 2.45) is 0 Å². The molecule has 4 aromatic carbocycles. The van der Waals surface area contributed by atoms with Crippen LogP contribution in [-0.4, -0.2) is 0 Å². The van der Waals surface area contributed by atoms with Crippen LogP contribution >= 0.6 is 29.2 Å². The van der Waals surface area contributed by atoms with Crippen LogP contribution in [0, 0.1) is 6.07 Å². The number of rotatable bonds is 7. The molecule has 0 amide bonds. The molecule has 0 aliphatic rings. The van der Waals surface area contributed by atoms with Gasteiger partial charge in [0.05, 0.1) is 0 Å². The second-order valence-electron chi connectivity index (χ2n) is 6.56. The Kier molecular flexibility index (Phi) is 10.2. The van der Waals surface area contributed by atoms with E-state index in [4.69, 9.17) is 0 Å². The molecule has 4 aromatic rings. The zero-order valence-electron chi connectivity index (χ0n) is 16.4. The van der Waals surface area contributed by atoms with Crippen LogP contribution in [-0.2, 0) is 30.1 Å². The third-order valence-corrected chi connectivity index (χ3v) is 8.08. The van der Waals surface area contributed by atoms with Gasteiger partial charge < -0.3 is 0 Å². The Bertz CT molecular complexity index is 957. The molecular formula is C26H22ClPPdS. The molecule has 0 aliphatic heterocycles. The van der Waals surface area contributed by atoms with Gasteiger partial charge in [-0.3, -0.25) is 0 Å². The first kappa shape index (κ1) is 23.3. The molecule has 0 radical (unpaired) electrons. The Morgan fingerprint density at radius 2 is 1.13 bits per heavy atom. The minimum Gasteiger partial charge on any atom is -0.176 e. The molecule has 0 saturated heterocycles.